The molecule has 1 atom stereocenters. The Morgan fingerprint density at radius 3 is 3.00 bits per heavy atom. The Hall–Kier alpha value is -2.54. The van der Waals surface area contributed by atoms with E-state index in [1.165, 1.54) is 0 Å². The summed E-state index contributed by atoms with van der Waals surface area (Å²) in [4.78, 5) is 16.6. The van der Waals surface area contributed by atoms with Crippen molar-refractivity contribution in [3.05, 3.63) is 48.3 Å². The van der Waals surface area contributed by atoms with Crippen LogP contribution in [0.5, 0.6) is 5.88 Å². The molecule has 3 aromatic rings. The summed E-state index contributed by atoms with van der Waals surface area (Å²) in [5, 5.41) is 8.08. The number of carbonyl (C=O) groups excluding carboxylic acids is 1. The van der Waals surface area contributed by atoms with E-state index in [1.54, 1.807) is 29.2 Å². The molecule has 0 radical (unpaired) electrons. The van der Waals surface area contributed by atoms with Crippen molar-refractivity contribution in [3.63, 3.8) is 0 Å². The number of nitrogens with zero attached hydrogens (tertiary/aromatic N) is 3. The molecule has 0 bridgehead atoms. The van der Waals surface area contributed by atoms with Crippen molar-refractivity contribution < 1.29 is 9.53 Å². The molecule has 0 unspecified atom stereocenters. The molecule has 1 amide bonds. The number of hydrogen-bond acceptors (Lipinski definition) is 5. The van der Waals surface area contributed by atoms with Crippen LogP contribution in [0.25, 0.3) is 10.9 Å². The van der Waals surface area contributed by atoms with Gasteiger partial charge in [-0.05, 0) is 36.4 Å². The number of nitrogens with one attached hydrogen (secondary N) is 1. The number of anilines is 1. The van der Waals surface area contributed by atoms with Gasteiger partial charge < -0.3 is 10.1 Å². The van der Waals surface area contributed by atoms with Crippen molar-refractivity contribution in [1.82, 2.24) is 14.8 Å². The first kappa shape index (κ1) is 16.0. The van der Waals surface area contributed by atoms with Crippen LogP contribution in [0.1, 0.15) is 16.8 Å². The number of fused-ring (bicyclic) bond motifs is 1. The van der Waals surface area contributed by atoms with Crippen molar-refractivity contribution >= 4 is 34.3 Å². The van der Waals surface area contributed by atoms with Gasteiger partial charge in [-0.2, -0.15) is 16.9 Å². The average molecular weight is 354 g/mol. The summed E-state index contributed by atoms with van der Waals surface area (Å²) in [6.45, 7) is 0. The lowest BCUT2D eigenvalue weighted by Gasteiger charge is -2.11. The number of hydrogen-bond donors (Lipinski definition) is 1. The molecule has 7 heteroatoms. The maximum atomic E-state index is 12.4. The predicted molar refractivity (Wildman–Crippen MR) is 99.3 cm³/mol. The van der Waals surface area contributed by atoms with E-state index in [4.69, 9.17) is 4.74 Å². The van der Waals surface area contributed by atoms with Gasteiger partial charge in [-0.3, -0.25) is 9.48 Å². The number of rotatable bonds is 4. The van der Waals surface area contributed by atoms with Crippen LogP contribution in [0, 0.1) is 0 Å². The predicted octanol–water partition coefficient (Wildman–Crippen LogP) is 3.10. The van der Waals surface area contributed by atoms with Crippen molar-refractivity contribution in [2.45, 2.75) is 12.5 Å². The molecule has 25 heavy (non-hydrogen) atoms. The largest absolute Gasteiger partial charge is 0.473 e. The Balaban J connectivity index is 1.44. The molecule has 1 aliphatic heterocycles. The number of aromatic nitrogens is 3. The number of benzene rings is 1. The van der Waals surface area contributed by atoms with Gasteiger partial charge in [0.15, 0.2) is 0 Å². The van der Waals surface area contributed by atoms with E-state index in [-0.39, 0.29) is 12.0 Å². The molecular formula is C18H18N4O2S. The minimum absolute atomic E-state index is 0.196. The molecule has 1 fully saturated rings. The second kappa shape index (κ2) is 6.76. The molecule has 1 N–H and O–H groups in total. The van der Waals surface area contributed by atoms with E-state index in [2.05, 4.69) is 15.4 Å². The number of pyridine rings is 1. The van der Waals surface area contributed by atoms with Gasteiger partial charge in [-0.1, -0.05) is 0 Å². The molecule has 0 spiro atoms. The van der Waals surface area contributed by atoms with E-state index in [0.717, 1.165) is 34.5 Å². The monoisotopic (exact) mass is 354 g/mol. The highest BCUT2D eigenvalue weighted by molar-refractivity contribution is 7.99. The molecule has 1 saturated heterocycles. The van der Waals surface area contributed by atoms with Gasteiger partial charge in [0.1, 0.15) is 6.10 Å². The summed E-state index contributed by atoms with van der Waals surface area (Å²) in [5.74, 6) is 2.51. The van der Waals surface area contributed by atoms with E-state index in [1.807, 2.05) is 37.0 Å². The lowest BCUT2D eigenvalue weighted by molar-refractivity contribution is 0.102. The highest BCUT2D eigenvalue weighted by Gasteiger charge is 2.17. The van der Waals surface area contributed by atoms with E-state index in [9.17, 15) is 4.79 Å². The molecular weight excluding hydrogens is 336 g/mol. The first-order valence-corrected chi connectivity index (χ1v) is 9.28. The van der Waals surface area contributed by atoms with Gasteiger partial charge in [0.05, 0.1) is 17.3 Å². The summed E-state index contributed by atoms with van der Waals surface area (Å²) >= 11 is 1.89. The Labute approximate surface area is 149 Å². The second-order valence-corrected chi connectivity index (χ2v) is 7.13. The lowest BCUT2D eigenvalue weighted by atomic mass is 10.2. The normalized spacial score (nSPS) is 16.9. The second-order valence-electron chi connectivity index (χ2n) is 5.98. The van der Waals surface area contributed by atoms with E-state index < -0.39 is 0 Å². The van der Waals surface area contributed by atoms with Crippen LogP contribution in [0.2, 0.25) is 0 Å². The quantitative estimate of drug-likeness (QED) is 0.780. The van der Waals surface area contributed by atoms with Gasteiger partial charge in [-0.15, -0.1) is 0 Å². The van der Waals surface area contributed by atoms with Gasteiger partial charge in [0.2, 0.25) is 5.88 Å². The van der Waals surface area contributed by atoms with Gasteiger partial charge in [-0.25, -0.2) is 4.98 Å². The molecule has 4 rings (SSSR count). The van der Waals surface area contributed by atoms with Crippen molar-refractivity contribution in [2.75, 3.05) is 16.8 Å². The number of carbonyl (C=O) groups is 1. The molecule has 128 valence electrons. The Bertz CT molecular complexity index is 901. The zero-order valence-electron chi connectivity index (χ0n) is 13.8. The maximum absolute atomic E-state index is 12.4. The van der Waals surface area contributed by atoms with Crippen LogP contribution in [0.4, 0.5) is 5.69 Å². The summed E-state index contributed by atoms with van der Waals surface area (Å²) in [5.41, 5.74) is 2.25. The summed E-state index contributed by atoms with van der Waals surface area (Å²) < 4.78 is 7.60. The molecule has 0 saturated carbocycles. The third-order valence-corrected chi connectivity index (χ3v) is 5.31. The topological polar surface area (TPSA) is 69.0 Å². The van der Waals surface area contributed by atoms with Crippen LogP contribution in [-0.2, 0) is 7.05 Å². The summed E-state index contributed by atoms with van der Waals surface area (Å²) in [6, 6.07) is 9.20. The molecule has 0 aliphatic carbocycles. The Morgan fingerprint density at radius 1 is 1.32 bits per heavy atom. The summed E-state index contributed by atoms with van der Waals surface area (Å²) in [6.07, 6.45) is 4.60. The Morgan fingerprint density at radius 2 is 2.24 bits per heavy atom. The Kier molecular flexibility index (Phi) is 4.31. The van der Waals surface area contributed by atoms with Crippen molar-refractivity contribution in [2.24, 2.45) is 7.05 Å². The fourth-order valence-electron chi connectivity index (χ4n) is 2.81. The standard InChI is InChI=1S/C18H18N4O2S/c1-22-16-4-3-14(8-13(16)10-20-22)21-18(23)12-2-5-17(19-9-12)24-15-6-7-25-11-15/h2-5,8-10,15H,6-7,11H2,1H3,(H,21,23)/t15-/m1/s1. The lowest BCUT2D eigenvalue weighted by Crippen LogP contribution is -2.16. The van der Waals surface area contributed by atoms with E-state index >= 15 is 0 Å². The van der Waals surface area contributed by atoms with Crippen LogP contribution < -0.4 is 10.1 Å². The first-order chi connectivity index (χ1) is 12.2. The molecule has 3 heterocycles. The van der Waals surface area contributed by atoms with Crippen LogP contribution in [0.15, 0.2) is 42.7 Å². The third kappa shape index (κ3) is 3.46. The molecule has 1 aliphatic rings. The zero-order chi connectivity index (χ0) is 17.2. The average Bonchev–Trinajstić information content (AvgIpc) is 3.25. The van der Waals surface area contributed by atoms with Crippen LogP contribution in [-0.4, -0.2) is 38.3 Å². The number of aryl methyl sites for hydroxylation is 1. The molecule has 2 aromatic heterocycles. The maximum Gasteiger partial charge on any atom is 0.257 e. The first-order valence-electron chi connectivity index (χ1n) is 8.12. The highest BCUT2D eigenvalue weighted by Crippen LogP contribution is 2.22. The summed E-state index contributed by atoms with van der Waals surface area (Å²) in [7, 11) is 1.89. The minimum atomic E-state index is -0.196. The van der Waals surface area contributed by atoms with Gasteiger partial charge >= 0.3 is 0 Å². The highest BCUT2D eigenvalue weighted by atomic mass is 32.2. The van der Waals surface area contributed by atoms with Gasteiger partial charge in [0.25, 0.3) is 5.91 Å². The SMILES string of the molecule is Cn1ncc2cc(NC(=O)c3ccc(O[C@@H]4CCSC4)nc3)ccc21. The van der Waals surface area contributed by atoms with Crippen LogP contribution in [0.3, 0.4) is 0 Å². The minimum Gasteiger partial charge on any atom is -0.473 e. The molecule has 6 nitrogen and oxygen atoms in total. The number of thioether (sulfide) groups is 1. The zero-order valence-corrected chi connectivity index (χ0v) is 14.6. The fraction of sp³-hybridized carbons (Fsp3) is 0.278. The number of ether oxygens (including phenoxy) is 1. The van der Waals surface area contributed by atoms with Crippen molar-refractivity contribution in [3.8, 4) is 5.88 Å². The fourth-order valence-corrected chi connectivity index (χ4v) is 3.90. The molecule has 1 aromatic carbocycles. The smallest absolute Gasteiger partial charge is 0.257 e. The van der Waals surface area contributed by atoms with E-state index in [0.29, 0.717) is 11.4 Å². The number of amides is 1. The van der Waals surface area contributed by atoms with Crippen LogP contribution >= 0.6 is 11.8 Å². The third-order valence-electron chi connectivity index (χ3n) is 4.18. The van der Waals surface area contributed by atoms with Gasteiger partial charge in [0, 0.05) is 36.1 Å². The van der Waals surface area contributed by atoms with Crippen molar-refractivity contribution in [1.29, 1.82) is 0 Å².